The van der Waals surface area contributed by atoms with Crippen LogP contribution < -0.4 is 0 Å². The molecular formula is C7H8N+. The molecule has 0 fully saturated rings. The van der Waals surface area contributed by atoms with Crippen LogP contribution in [0.1, 0.15) is 12.6 Å². The quantitative estimate of drug-likeness (QED) is 0.496. The van der Waals surface area contributed by atoms with Crippen LogP contribution >= 0.6 is 0 Å². The molecule has 0 aliphatic carbocycles. The summed E-state index contributed by atoms with van der Waals surface area (Å²) in [6, 6.07) is 5.86. The molecule has 8 heavy (non-hydrogen) atoms. The predicted octanol–water partition coefficient (Wildman–Crippen LogP) is 1.65. The van der Waals surface area contributed by atoms with E-state index in [2.05, 4.69) is 4.98 Å². The molecule has 0 spiro atoms. The molecule has 0 unspecified atom stereocenters. The Morgan fingerprint density at radius 3 is 2.75 bits per heavy atom. The van der Waals surface area contributed by atoms with Gasteiger partial charge in [0.05, 0.1) is 12.5 Å². The van der Waals surface area contributed by atoms with Gasteiger partial charge in [-0.1, -0.05) is 0 Å². The smallest absolute Gasteiger partial charge is 0.217 e. The molecular weight excluding hydrogens is 98.1 g/mol. The fourth-order valence-corrected chi connectivity index (χ4v) is 0.547. The van der Waals surface area contributed by atoms with Gasteiger partial charge in [0.25, 0.3) is 0 Å². The Morgan fingerprint density at radius 1 is 1.50 bits per heavy atom. The molecule has 0 bridgehead atoms. The van der Waals surface area contributed by atoms with Crippen molar-refractivity contribution in [3.05, 3.63) is 36.5 Å². The van der Waals surface area contributed by atoms with Gasteiger partial charge in [0.15, 0.2) is 0 Å². The summed E-state index contributed by atoms with van der Waals surface area (Å²) in [6.45, 7) is 1.97. The standard InChI is InChI=1S/C7H8N/c1-2-7-5-3-4-6-8-7/h2-6H,1H3/q+1. The third kappa shape index (κ3) is 0.997. The van der Waals surface area contributed by atoms with E-state index >= 15 is 0 Å². The summed E-state index contributed by atoms with van der Waals surface area (Å²) in [7, 11) is 0. The van der Waals surface area contributed by atoms with Crippen LogP contribution in [-0.2, 0) is 0 Å². The van der Waals surface area contributed by atoms with Crippen LogP contribution in [0.5, 0.6) is 0 Å². The van der Waals surface area contributed by atoms with E-state index in [1.807, 2.05) is 31.5 Å². The van der Waals surface area contributed by atoms with Crippen molar-refractivity contribution in [2.24, 2.45) is 0 Å². The molecule has 1 nitrogen and oxygen atoms in total. The second kappa shape index (κ2) is 2.36. The van der Waals surface area contributed by atoms with Gasteiger partial charge in [-0.3, -0.25) is 0 Å². The molecule has 1 heteroatoms. The zero-order chi connectivity index (χ0) is 5.82. The molecule has 1 aromatic rings. The SMILES string of the molecule is C[CH+]c1ccccn1. The number of hydrogen-bond acceptors (Lipinski definition) is 1. The number of aromatic nitrogens is 1. The minimum atomic E-state index is 1.03. The highest BCUT2D eigenvalue weighted by atomic mass is 14.6. The Morgan fingerprint density at radius 2 is 2.38 bits per heavy atom. The fraction of sp³-hybridized carbons (Fsp3) is 0.143. The zero-order valence-corrected chi connectivity index (χ0v) is 4.83. The first-order valence-electron chi connectivity index (χ1n) is 2.64. The van der Waals surface area contributed by atoms with Crippen molar-refractivity contribution in [2.45, 2.75) is 6.92 Å². The molecule has 0 amide bonds. The van der Waals surface area contributed by atoms with Gasteiger partial charge in [-0.2, -0.15) is 0 Å². The largest absolute Gasteiger partial charge is 0.219 e. The lowest BCUT2D eigenvalue weighted by atomic mass is 10.3. The average Bonchev–Trinajstić information content (AvgIpc) is 1.90. The van der Waals surface area contributed by atoms with E-state index in [1.165, 1.54) is 0 Å². The molecule has 1 aromatic heterocycles. The van der Waals surface area contributed by atoms with Crippen molar-refractivity contribution in [1.82, 2.24) is 4.98 Å². The first kappa shape index (κ1) is 5.16. The van der Waals surface area contributed by atoms with Crippen LogP contribution in [0.15, 0.2) is 24.4 Å². The lowest BCUT2D eigenvalue weighted by molar-refractivity contribution is 1.20. The number of pyridine rings is 1. The summed E-state index contributed by atoms with van der Waals surface area (Å²) in [5.74, 6) is 0. The van der Waals surface area contributed by atoms with Crippen LogP contribution in [0.4, 0.5) is 0 Å². The number of hydrogen-bond donors (Lipinski definition) is 0. The van der Waals surface area contributed by atoms with E-state index in [-0.39, 0.29) is 0 Å². The molecule has 0 aromatic carbocycles. The van der Waals surface area contributed by atoms with Crippen LogP contribution in [-0.4, -0.2) is 4.98 Å². The molecule has 0 radical (unpaired) electrons. The topological polar surface area (TPSA) is 12.9 Å². The van der Waals surface area contributed by atoms with Gasteiger partial charge in [-0.25, -0.2) is 4.98 Å². The maximum absolute atomic E-state index is 4.04. The van der Waals surface area contributed by atoms with E-state index in [1.54, 1.807) is 6.20 Å². The van der Waals surface area contributed by atoms with Gasteiger partial charge >= 0.3 is 0 Å². The van der Waals surface area contributed by atoms with Gasteiger partial charge in [0, 0.05) is 19.2 Å². The van der Waals surface area contributed by atoms with E-state index in [0.717, 1.165) is 5.69 Å². The maximum atomic E-state index is 4.04. The van der Waals surface area contributed by atoms with Crippen molar-refractivity contribution in [2.75, 3.05) is 0 Å². The Balaban J connectivity index is 2.83. The van der Waals surface area contributed by atoms with E-state index in [4.69, 9.17) is 0 Å². The summed E-state index contributed by atoms with van der Waals surface area (Å²) >= 11 is 0. The highest BCUT2D eigenvalue weighted by Crippen LogP contribution is 1.93. The molecule has 0 atom stereocenters. The minimum absolute atomic E-state index is 1.03. The van der Waals surface area contributed by atoms with Crippen molar-refractivity contribution in [1.29, 1.82) is 0 Å². The normalized spacial score (nSPS) is 8.62. The Bertz CT molecular complexity index is 146. The molecule has 0 aliphatic heterocycles. The molecule has 1 heterocycles. The molecule has 1 rings (SSSR count). The number of nitrogens with zero attached hydrogens (tertiary/aromatic N) is 1. The van der Waals surface area contributed by atoms with Gasteiger partial charge in [-0.05, 0) is 6.07 Å². The third-order valence-corrected chi connectivity index (χ3v) is 0.984. The second-order valence-electron chi connectivity index (χ2n) is 1.54. The first-order chi connectivity index (χ1) is 3.93. The monoisotopic (exact) mass is 106 g/mol. The Kier molecular flexibility index (Phi) is 1.52. The molecule has 40 valence electrons. The van der Waals surface area contributed by atoms with Crippen molar-refractivity contribution in [3.8, 4) is 0 Å². The lowest BCUT2D eigenvalue weighted by Gasteiger charge is -1.79. The number of rotatable bonds is 1. The maximum Gasteiger partial charge on any atom is 0.219 e. The van der Waals surface area contributed by atoms with Gasteiger partial charge in [-0.15, -0.1) is 0 Å². The van der Waals surface area contributed by atoms with E-state index < -0.39 is 0 Å². The van der Waals surface area contributed by atoms with E-state index in [0.29, 0.717) is 0 Å². The van der Waals surface area contributed by atoms with Crippen molar-refractivity contribution in [3.63, 3.8) is 0 Å². The van der Waals surface area contributed by atoms with Crippen LogP contribution in [0.3, 0.4) is 0 Å². The zero-order valence-electron chi connectivity index (χ0n) is 4.83. The molecule has 0 saturated carbocycles. The van der Waals surface area contributed by atoms with Gasteiger partial charge in [0.1, 0.15) is 0 Å². The van der Waals surface area contributed by atoms with E-state index in [9.17, 15) is 0 Å². The van der Waals surface area contributed by atoms with Crippen LogP contribution in [0, 0.1) is 6.42 Å². The molecule has 0 aliphatic rings. The third-order valence-electron chi connectivity index (χ3n) is 0.984. The fourth-order valence-electron chi connectivity index (χ4n) is 0.547. The summed E-state index contributed by atoms with van der Waals surface area (Å²) < 4.78 is 0. The highest BCUT2D eigenvalue weighted by molar-refractivity contribution is 5.10. The summed E-state index contributed by atoms with van der Waals surface area (Å²) in [6.07, 6.45) is 3.76. The Hall–Kier alpha value is -0.980. The first-order valence-corrected chi connectivity index (χ1v) is 2.64. The Labute approximate surface area is 49.4 Å². The second-order valence-corrected chi connectivity index (χ2v) is 1.54. The van der Waals surface area contributed by atoms with Gasteiger partial charge < -0.3 is 0 Å². The van der Waals surface area contributed by atoms with Crippen molar-refractivity contribution >= 4 is 0 Å². The molecule has 0 saturated heterocycles. The highest BCUT2D eigenvalue weighted by Gasteiger charge is 1.92. The summed E-state index contributed by atoms with van der Waals surface area (Å²) in [5.41, 5.74) is 1.03. The lowest BCUT2D eigenvalue weighted by Crippen LogP contribution is -1.78. The van der Waals surface area contributed by atoms with Crippen molar-refractivity contribution < 1.29 is 0 Å². The van der Waals surface area contributed by atoms with Crippen LogP contribution in [0.25, 0.3) is 0 Å². The predicted molar refractivity (Wildman–Crippen MR) is 33.3 cm³/mol. The summed E-state index contributed by atoms with van der Waals surface area (Å²) in [5, 5.41) is 0. The van der Waals surface area contributed by atoms with Crippen LogP contribution in [0.2, 0.25) is 0 Å². The minimum Gasteiger partial charge on any atom is -0.217 e. The average molecular weight is 106 g/mol. The van der Waals surface area contributed by atoms with Gasteiger partial charge in [0.2, 0.25) is 5.69 Å². The molecule has 0 N–H and O–H groups in total. The summed E-state index contributed by atoms with van der Waals surface area (Å²) in [4.78, 5) is 4.04.